The van der Waals surface area contributed by atoms with Crippen molar-refractivity contribution in [2.24, 2.45) is 0 Å². The van der Waals surface area contributed by atoms with Crippen molar-refractivity contribution in [3.8, 4) is 0 Å². The molecule has 1 aromatic rings. The van der Waals surface area contributed by atoms with Gasteiger partial charge in [-0.3, -0.25) is 0 Å². The Bertz CT molecular complexity index is 790. The van der Waals surface area contributed by atoms with Crippen molar-refractivity contribution in [1.29, 1.82) is 0 Å². The van der Waals surface area contributed by atoms with Gasteiger partial charge in [0.25, 0.3) is 0 Å². The normalized spacial score (nSPS) is 15.6. The molecule has 0 amide bonds. The van der Waals surface area contributed by atoms with E-state index in [-0.39, 0.29) is 0 Å². The third kappa shape index (κ3) is 5.06. The van der Waals surface area contributed by atoms with E-state index < -0.39 is 0 Å². The monoisotopic (exact) mass is 326 g/mol. The van der Waals surface area contributed by atoms with Gasteiger partial charge in [-0.1, -0.05) is 86.5 Å². The van der Waals surface area contributed by atoms with E-state index in [0.29, 0.717) is 0 Å². The molecule has 2 rings (SSSR count). The standard InChI is InChI=1S/C25H26/c1-5-21(19-23(7-3)25-16-12-9-13-17-25)20(4)18-22(6-2)24-14-10-8-11-15-24/h5-8,10-12,14-19H,2-4,9,13H2,1H3/b21-5+,22-18+,23-19+. The van der Waals surface area contributed by atoms with Crippen molar-refractivity contribution in [1.82, 2.24) is 0 Å². The van der Waals surface area contributed by atoms with Gasteiger partial charge in [0, 0.05) is 0 Å². The van der Waals surface area contributed by atoms with Crippen LogP contribution < -0.4 is 0 Å². The van der Waals surface area contributed by atoms with Crippen LogP contribution in [0.3, 0.4) is 0 Å². The molecule has 25 heavy (non-hydrogen) atoms. The van der Waals surface area contributed by atoms with E-state index >= 15 is 0 Å². The quantitative estimate of drug-likeness (QED) is 0.467. The Morgan fingerprint density at radius 2 is 1.68 bits per heavy atom. The Kier molecular flexibility index (Phi) is 6.98. The molecule has 0 bridgehead atoms. The zero-order chi connectivity index (χ0) is 18.1. The summed E-state index contributed by atoms with van der Waals surface area (Å²) in [5, 5.41) is 0. The maximum Gasteiger partial charge on any atom is -0.0184 e. The van der Waals surface area contributed by atoms with Crippen molar-refractivity contribution < 1.29 is 0 Å². The smallest absolute Gasteiger partial charge is 0.0184 e. The lowest BCUT2D eigenvalue weighted by Gasteiger charge is -2.11. The molecule has 0 aliphatic heterocycles. The summed E-state index contributed by atoms with van der Waals surface area (Å²) in [5.74, 6) is 0. The van der Waals surface area contributed by atoms with Gasteiger partial charge in [-0.05, 0) is 65.3 Å². The molecule has 0 unspecified atom stereocenters. The first kappa shape index (κ1) is 18.5. The van der Waals surface area contributed by atoms with E-state index in [9.17, 15) is 0 Å². The van der Waals surface area contributed by atoms with Crippen LogP contribution in [0, 0.1) is 0 Å². The highest BCUT2D eigenvalue weighted by molar-refractivity contribution is 5.77. The van der Waals surface area contributed by atoms with Crippen LogP contribution >= 0.6 is 0 Å². The fourth-order valence-corrected chi connectivity index (χ4v) is 2.78. The Morgan fingerprint density at radius 3 is 2.24 bits per heavy atom. The Hall–Kier alpha value is -2.86. The molecule has 0 heteroatoms. The summed E-state index contributed by atoms with van der Waals surface area (Å²) >= 11 is 0. The van der Waals surface area contributed by atoms with Crippen LogP contribution in [-0.4, -0.2) is 0 Å². The SMILES string of the molecule is C=C/C(=C\C(=C/C)C(=C)/C=C(\C=C)c1ccccc1)C1=CCCC=C1. The second-order valence-electron chi connectivity index (χ2n) is 5.88. The van der Waals surface area contributed by atoms with E-state index in [0.717, 1.165) is 40.7 Å². The topological polar surface area (TPSA) is 0 Å². The highest BCUT2D eigenvalue weighted by Crippen LogP contribution is 2.25. The van der Waals surface area contributed by atoms with Crippen LogP contribution in [0.4, 0.5) is 0 Å². The maximum absolute atomic E-state index is 4.26. The van der Waals surface area contributed by atoms with Crippen LogP contribution in [0.2, 0.25) is 0 Å². The molecule has 0 N–H and O–H groups in total. The van der Waals surface area contributed by atoms with Gasteiger partial charge in [-0.2, -0.15) is 0 Å². The van der Waals surface area contributed by atoms with E-state index in [4.69, 9.17) is 0 Å². The highest BCUT2D eigenvalue weighted by Gasteiger charge is 2.05. The van der Waals surface area contributed by atoms with Gasteiger partial charge in [0.1, 0.15) is 0 Å². The molecule has 0 spiro atoms. The summed E-state index contributed by atoms with van der Waals surface area (Å²) in [4.78, 5) is 0. The molecule has 1 aliphatic carbocycles. The lowest BCUT2D eigenvalue weighted by atomic mass is 9.94. The zero-order valence-corrected chi connectivity index (χ0v) is 15.0. The predicted octanol–water partition coefficient (Wildman–Crippen LogP) is 7.15. The zero-order valence-electron chi connectivity index (χ0n) is 15.0. The largest absolute Gasteiger partial charge is 0.0984 e. The molecule has 0 heterocycles. The molecule has 1 aromatic carbocycles. The van der Waals surface area contributed by atoms with Gasteiger partial charge in [0.15, 0.2) is 0 Å². The number of rotatable bonds is 7. The van der Waals surface area contributed by atoms with Crippen LogP contribution in [0.1, 0.15) is 25.3 Å². The fraction of sp³-hybridized carbons (Fsp3) is 0.120. The van der Waals surface area contributed by atoms with Crippen molar-refractivity contribution in [3.63, 3.8) is 0 Å². The van der Waals surface area contributed by atoms with Gasteiger partial charge in [-0.15, -0.1) is 0 Å². The van der Waals surface area contributed by atoms with Gasteiger partial charge in [-0.25, -0.2) is 0 Å². The second-order valence-corrected chi connectivity index (χ2v) is 5.88. The summed E-state index contributed by atoms with van der Waals surface area (Å²) < 4.78 is 0. The summed E-state index contributed by atoms with van der Waals surface area (Å²) in [6.45, 7) is 14.2. The van der Waals surface area contributed by atoms with Gasteiger partial charge in [0.2, 0.25) is 0 Å². The molecule has 0 saturated carbocycles. The van der Waals surface area contributed by atoms with Crippen molar-refractivity contribution >= 4 is 5.57 Å². The minimum Gasteiger partial charge on any atom is -0.0984 e. The molecular weight excluding hydrogens is 300 g/mol. The molecule has 0 nitrogen and oxygen atoms in total. The minimum atomic E-state index is 0.959. The molecule has 126 valence electrons. The van der Waals surface area contributed by atoms with Gasteiger partial charge >= 0.3 is 0 Å². The van der Waals surface area contributed by atoms with E-state index in [2.05, 4.69) is 68.3 Å². The van der Waals surface area contributed by atoms with E-state index in [1.807, 2.05) is 37.3 Å². The van der Waals surface area contributed by atoms with Crippen molar-refractivity contribution in [2.45, 2.75) is 19.8 Å². The number of hydrogen-bond acceptors (Lipinski definition) is 0. The Balaban J connectivity index is 2.32. The molecule has 0 aromatic heterocycles. The summed E-state index contributed by atoms with van der Waals surface area (Å²) in [6.07, 6.45) is 18.9. The predicted molar refractivity (Wildman–Crippen MR) is 112 cm³/mol. The average molecular weight is 326 g/mol. The van der Waals surface area contributed by atoms with Crippen LogP contribution in [0.25, 0.3) is 5.57 Å². The molecule has 0 radical (unpaired) electrons. The van der Waals surface area contributed by atoms with Gasteiger partial charge < -0.3 is 0 Å². The molecule has 0 fully saturated rings. The average Bonchev–Trinajstić information content (AvgIpc) is 2.68. The first-order chi connectivity index (χ1) is 12.2. The summed E-state index contributed by atoms with van der Waals surface area (Å²) in [6, 6.07) is 10.2. The second kappa shape index (κ2) is 9.44. The van der Waals surface area contributed by atoms with Gasteiger partial charge in [0.05, 0.1) is 0 Å². The maximum atomic E-state index is 4.26. The molecule has 1 aliphatic rings. The minimum absolute atomic E-state index is 0.959. The first-order valence-corrected chi connectivity index (χ1v) is 8.66. The van der Waals surface area contributed by atoms with E-state index in [1.165, 1.54) is 5.57 Å². The summed E-state index contributed by atoms with van der Waals surface area (Å²) in [5.41, 5.74) is 6.60. The molecular formula is C25H26. The van der Waals surface area contributed by atoms with Crippen LogP contribution in [0.15, 0.2) is 121 Å². The lowest BCUT2D eigenvalue weighted by Crippen LogP contribution is -1.91. The Morgan fingerprint density at radius 1 is 0.960 bits per heavy atom. The van der Waals surface area contributed by atoms with Crippen LogP contribution in [0.5, 0.6) is 0 Å². The van der Waals surface area contributed by atoms with Crippen molar-refractivity contribution in [3.05, 3.63) is 127 Å². The first-order valence-electron chi connectivity index (χ1n) is 8.66. The fourth-order valence-electron chi connectivity index (χ4n) is 2.78. The Labute approximate surface area is 152 Å². The number of allylic oxidation sites excluding steroid dienone is 13. The lowest BCUT2D eigenvalue weighted by molar-refractivity contribution is 1.02. The number of benzene rings is 1. The van der Waals surface area contributed by atoms with Crippen molar-refractivity contribution in [2.75, 3.05) is 0 Å². The molecule has 0 saturated heterocycles. The molecule has 0 atom stereocenters. The van der Waals surface area contributed by atoms with E-state index in [1.54, 1.807) is 0 Å². The third-order valence-electron chi connectivity index (χ3n) is 4.20. The number of hydrogen-bond donors (Lipinski definition) is 0. The van der Waals surface area contributed by atoms with Crippen LogP contribution in [-0.2, 0) is 0 Å². The summed E-state index contributed by atoms with van der Waals surface area (Å²) in [7, 11) is 0. The third-order valence-corrected chi connectivity index (χ3v) is 4.20. The highest BCUT2D eigenvalue weighted by atomic mass is 14.1.